The summed E-state index contributed by atoms with van der Waals surface area (Å²) in [4.78, 5) is 34.5. The van der Waals surface area contributed by atoms with Gasteiger partial charge in [0.1, 0.15) is 12.6 Å². The Morgan fingerprint density at radius 3 is 2.13 bits per heavy atom. The van der Waals surface area contributed by atoms with Crippen LogP contribution >= 0.6 is 0 Å². The van der Waals surface area contributed by atoms with Crippen LogP contribution in [0.15, 0.2) is 0 Å². The van der Waals surface area contributed by atoms with Gasteiger partial charge in [-0.2, -0.15) is 0 Å². The van der Waals surface area contributed by atoms with Crippen LogP contribution in [0.5, 0.6) is 0 Å². The maximum Gasteiger partial charge on any atom is 0.226 e. The Balaban J connectivity index is 4.68. The number of amides is 1. The van der Waals surface area contributed by atoms with Crippen molar-refractivity contribution < 1.29 is 14.4 Å². The van der Waals surface area contributed by atoms with Crippen molar-refractivity contribution in [1.82, 2.24) is 4.90 Å². The molecule has 2 atom stereocenters. The van der Waals surface area contributed by atoms with Gasteiger partial charge in [0.15, 0.2) is 0 Å². The van der Waals surface area contributed by atoms with Crippen molar-refractivity contribution in [2.45, 2.75) is 33.2 Å². The molecule has 15 heavy (non-hydrogen) atoms. The number of nitrogens with zero attached hydrogens (tertiary/aromatic N) is 1. The molecule has 0 saturated carbocycles. The minimum absolute atomic E-state index is 0.0745. The minimum atomic E-state index is -0.521. The smallest absolute Gasteiger partial charge is 0.226 e. The van der Waals surface area contributed by atoms with Crippen LogP contribution in [0.3, 0.4) is 0 Å². The molecule has 0 saturated heterocycles. The first-order chi connectivity index (χ1) is 6.95. The van der Waals surface area contributed by atoms with E-state index in [-0.39, 0.29) is 18.4 Å². The van der Waals surface area contributed by atoms with E-state index >= 15 is 0 Å². The highest BCUT2D eigenvalue weighted by atomic mass is 16.2. The van der Waals surface area contributed by atoms with E-state index in [2.05, 4.69) is 0 Å². The lowest BCUT2D eigenvalue weighted by molar-refractivity contribution is -0.140. The summed E-state index contributed by atoms with van der Waals surface area (Å²) in [6, 6.07) is 0.0745. The van der Waals surface area contributed by atoms with Gasteiger partial charge in [-0.15, -0.1) is 0 Å². The van der Waals surface area contributed by atoms with Crippen LogP contribution in [0.2, 0.25) is 0 Å². The monoisotopic (exact) mass is 213 g/mol. The van der Waals surface area contributed by atoms with Gasteiger partial charge in [-0.1, -0.05) is 6.92 Å². The fourth-order valence-electron chi connectivity index (χ4n) is 1.25. The molecule has 0 aliphatic rings. The number of carbonyl (C=O) groups excluding carboxylic acids is 3. The molecule has 0 fully saturated rings. The predicted octanol–water partition coefficient (Wildman–Crippen LogP) is 0.893. The first-order valence-corrected chi connectivity index (χ1v) is 5.11. The van der Waals surface area contributed by atoms with Gasteiger partial charge in [0.2, 0.25) is 5.91 Å². The van der Waals surface area contributed by atoms with Crippen molar-refractivity contribution in [3.63, 3.8) is 0 Å². The zero-order valence-corrected chi connectivity index (χ0v) is 9.77. The highest BCUT2D eigenvalue weighted by Gasteiger charge is 2.27. The summed E-state index contributed by atoms with van der Waals surface area (Å²) in [6.45, 7) is 5.44. The van der Waals surface area contributed by atoms with E-state index in [0.717, 1.165) is 6.29 Å². The molecule has 0 N–H and O–H groups in total. The number of carbonyl (C=O) groups is 3. The molecule has 4 heteroatoms. The first-order valence-electron chi connectivity index (χ1n) is 5.11. The second-order valence-corrected chi connectivity index (χ2v) is 4.05. The Kier molecular flexibility index (Phi) is 5.82. The summed E-state index contributed by atoms with van der Waals surface area (Å²) in [7, 11) is 1.68. The zero-order valence-electron chi connectivity index (χ0n) is 9.77. The molecule has 4 nitrogen and oxygen atoms in total. The molecule has 0 rings (SSSR count). The Morgan fingerprint density at radius 2 is 1.80 bits per heavy atom. The SMILES string of the molecule is CC(C=O)C(CC=O)C(=O)N(C)C(C)C. The quantitative estimate of drug-likeness (QED) is 0.616. The van der Waals surface area contributed by atoms with Crippen molar-refractivity contribution >= 4 is 18.5 Å². The van der Waals surface area contributed by atoms with Crippen molar-refractivity contribution in [2.24, 2.45) is 11.8 Å². The number of aldehydes is 2. The van der Waals surface area contributed by atoms with Crippen molar-refractivity contribution in [3.05, 3.63) is 0 Å². The third kappa shape index (κ3) is 3.81. The van der Waals surface area contributed by atoms with Gasteiger partial charge in [0, 0.05) is 25.4 Å². The zero-order chi connectivity index (χ0) is 12.0. The van der Waals surface area contributed by atoms with Gasteiger partial charge in [-0.25, -0.2) is 0 Å². The maximum absolute atomic E-state index is 11.9. The molecule has 0 aromatic carbocycles. The lowest BCUT2D eigenvalue weighted by atomic mass is 9.91. The molecule has 1 amide bonds. The Morgan fingerprint density at radius 1 is 1.27 bits per heavy atom. The van der Waals surface area contributed by atoms with E-state index < -0.39 is 11.8 Å². The maximum atomic E-state index is 11.9. The van der Waals surface area contributed by atoms with E-state index in [9.17, 15) is 14.4 Å². The lowest BCUT2D eigenvalue weighted by Gasteiger charge is -2.27. The van der Waals surface area contributed by atoms with Crippen LogP contribution in [0, 0.1) is 11.8 Å². The lowest BCUT2D eigenvalue weighted by Crippen LogP contribution is -2.40. The van der Waals surface area contributed by atoms with Gasteiger partial charge in [-0.05, 0) is 13.8 Å². The second-order valence-electron chi connectivity index (χ2n) is 4.05. The summed E-state index contributed by atoms with van der Waals surface area (Å²) >= 11 is 0. The Hall–Kier alpha value is -1.19. The van der Waals surface area contributed by atoms with Gasteiger partial charge >= 0.3 is 0 Å². The van der Waals surface area contributed by atoms with Crippen molar-refractivity contribution in [3.8, 4) is 0 Å². The van der Waals surface area contributed by atoms with E-state index in [1.807, 2.05) is 13.8 Å². The average Bonchev–Trinajstić information content (AvgIpc) is 2.22. The summed E-state index contributed by atoms with van der Waals surface area (Å²) in [5.41, 5.74) is 0. The molecule has 0 aliphatic carbocycles. The molecule has 0 radical (unpaired) electrons. The van der Waals surface area contributed by atoms with Crippen molar-refractivity contribution in [1.29, 1.82) is 0 Å². The van der Waals surface area contributed by atoms with Crippen LogP contribution in [-0.2, 0) is 14.4 Å². The number of rotatable bonds is 6. The normalized spacial score (nSPS) is 14.5. The van der Waals surface area contributed by atoms with Crippen LogP contribution < -0.4 is 0 Å². The Labute approximate surface area is 90.6 Å². The molecule has 0 aliphatic heterocycles. The van der Waals surface area contributed by atoms with Gasteiger partial charge < -0.3 is 14.5 Å². The third-order valence-electron chi connectivity index (χ3n) is 2.64. The number of hydrogen-bond acceptors (Lipinski definition) is 3. The molecule has 0 spiro atoms. The van der Waals surface area contributed by atoms with Gasteiger partial charge in [0.05, 0.1) is 5.92 Å². The molecule has 0 heterocycles. The van der Waals surface area contributed by atoms with E-state index in [1.54, 1.807) is 18.9 Å². The van der Waals surface area contributed by atoms with Gasteiger partial charge in [-0.3, -0.25) is 4.79 Å². The second kappa shape index (κ2) is 6.32. The average molecular weight is 213 g/mol. The summed E-state index contributed by atoms with van der Waals surface area (Å²) in [5.74, 6) is -1.08. The Bertz CT molecular complexity index is 238. The topological polar surface area (TPSA) is 54.5 Å². The summed E-state index contributed by atoms with van der Waals surface area (Å²) < 4.78 is 0. The van der Waals surface area contributed by atoms with E-state index in [1.165, 1.54) is 0 Å². The van der Waals surface area contributed by atoms with Crippen LogP contribution in [-0.4, -0.2) is 36.5 Å². The summed E-state index contributed by atoms with van der Waals surface area (Å²) in [6.07, 6.45) is 1.52. The highest BCUT2D eigenvalue weighted by molar-refractivity contribution is 5.84. The van der Waals surface area contributed by atoms with Crippen molar-refractivity contribution in [2.75, 3.05) is 7.05 Å². The molecule has 0 aromatic rings. The molecule has 0 bridgehead atoms. The van der Waals surface area contributed by atoms with E-state index in [0.29, 0.717) is 6.29 Å². The van der Waals surface area contributed by atoms with Crippen LogP contribution in [0.25, 0.3) is 0 Å². The molecular formula is C11H19NO3. The summed E-state index contributed by atoms with van der Waals surface area (Å²) in [5, 5.41) is 0. The highest BCUT2D eigenvalue weighted by Crippen LogP contribution is 2.16. The largest absolute Gasteiger partial charge is 0.343 e. The van der Waals surface area contributed by atoms with Gasteiger partial charge in [0.25, 0.3) is 0 Å². The van der Waals surface area contributed by atoms with Crippen LogP contribution in [0.1, 0.15) is 27.2 Å². The molecule has 0 aromatic heterocycles. The van der Waals surface area contributed by atoms with E-state index in [4.69, 9.17) is 0 Å². The fourth-order valence-corrected chi connectivity index (χ4v) is 1.25. The minimum Gasteiger partial charge on any atom is -0.343 e. The molecule has 86 valence electrons. The number of hydrogen-bond donors (Lipinski definition) is 0. The predicted molar refractivity (Wildman–Crippen MR) is 57.3 cm³/mol. The van der Waals surface area contributed by atoms with Crippen LogP contribution in [0.4, 0.5) is 0 Å². The standard InChI is InChI=1S/C11H19NO3/c1-8(2)12(4)11(15)10(5-6-13)9(3)7-14/h6-10H,5H2,1-4H3. The fraction of sp³-hybridized carbons (Fsp3) is 0.727. The molecular weight excluding hydrogens is 194 g/mol. The first kappa shape index (κ1) is 13.8. The third-order valence-corrected chi connectivity index (χ3v) is 2.64. The molecule has 2 unspecified atom stereocenters.